The van der Waals surface area contributed by atoms with Crippen LogP contribution in [0.2, 0.25) is 5.02 Å². The Kier molecular flexibility index (Phi) is 3.27. The molecule has 0 bridgehead atoms. The first-order valence-electron chi connectivity index (χ1n) is 7.29. The van der Waals surface area contributed by atoms with Gasteiger partial charge in [-0.15, -0.1) is 0 Å². The van der Waals surface area contributed by atoms with Gasteiger partial charge in [0.2, 0.25) is 0 Å². The van der Waals surface area contributed by atoms with Crippen molar-refractivity contribution in [3.63, 3.8) is 0 Å². The van der Waals surface area contributed by atoms with E-state index in [9.17, 15) is 9.18 Å². The summed E-state index contributed by atoms with van der Waals surface area (Å²) in [5.41, 5.74) is 1.86. The number of allylic oxidation sites excluding steroid dienone is 1. The SMILES string of the molecule is O=c1c2cc(Cl)ccc2nc2n1CC/C2=C\c1ccccc1F. The summed E-state index contributed by atoms with van der Waals surface area (Å²) >= 11 is 5.97. The molecule has 3 nitrogen and oxygen atoms in total. The molecule has 0 unspecified atom stereocenters. The summed E-state index contributed by atoms with van der Waals surface area (Å²) in [7, 11) is 0. The van der Waals surface area contributed by atoms with Gasteiger partial charge in [-0.3, -0.25) is 9.36 Å². The zero-order chi connectivity index (χ0) is 16.0. The van der Waals surface area contributed by atoms with Crippen LogP contribution in [0.3, 0.4) is 0 Å². The first kappa shape index (κ1) is 14.2. The lowest BCUT2D eigenvalue weighted by molar-refractivity contribution is 0.625. The standard InChI is InChI=1S/C18H12ClFN2O/c19-13-5-6-16-14(10-13)18(23)22-8-7-12(17(22)21-16)9-11-3-1-2-4-15(11)20/h1-6,9-10H,7-8H2/b12-9+. The Morgan fingerprint density at radius 3 is 2.87 bits per heavy atom. The van der Waals surface area contributed by atoms with Crippen molar-refractivity contribution in [2.45, 2.75) is 13.0 Å². The quantitative estimate of drug-likeness (QED) is 0.674. The van der Waals surface area contributed by atoms with Crippen LogP contribution >= 0.6 is 11.6 Å². The van der Waals surface area contributed by atoms with Gasteiger partial charge in [0.15, 0.2) is 0 Å². The molecule has 2 aromatic carbocycles. The Bertz CT molecular complexity index is 1020. The third-order valence-corrected chi connectivity index (χ3v) is 4.28. The fourth-order valence-corrected chi connectivity index (χ4v) is 3.08. The Balaban J connectivity index is 1.93. The highest BCUT2D eigenvalue weighted by molar-refractivity contribution is 6.31. The smallest absolute Gasteiger partial charge is 0.261 e. The Hall–Kier alpha value is -2.46. The van der Waals surface area contributed by atoms with Gasteiger partial charge < -0.3 is 0 Å². The molecule has 0 radical (unpaired) electrons. The molecule has 1 aromatic heterocycles. The summed E-state index contributed by atoms with van der Waals surface area (Å²) in [6.45, 7) is 0.546. The minimum Gasteiger partial charge on any atom is -0.292 e. The van der Waals surface area contributed by atoms with Crippen LogP contribution < -0.4 is 5.56 Å². The van der Waals surface area contributed by atoms with Gasteiger partial charge in [-0.25, -0.2) is 9.37 Å². The van der Waals surface area contributed by atoms with Crippen LogP contribution in [-0.4, -0.2) is 9.55 Å². The summed E-state index contributed by atoms with van der Waals surface area (Å²) in [6, 6.07) is 11.7. The zero-order valence-electron chi connectivity index (χ0n) is 12.1. The fourth-order valence-electron chi connectivity index (χ4n) is 2.91. The molecule has 0 fully saturated rings. The summed E-state index contributed by atoms with van der Waals surface area (Å²) < 4.78 is 15.5. The van der Waals surface area contributed by atoms with E-state index >= 15 is 0 Å². The highest BCUT2D eigenvalue weighted by Crippen LogP contribution is 2.28. The number of hydrogen-bond donors (Lipinski definition) is 0. The number of aromatic nitrogens is 2. The van der Waals surface area contributed by atoms with Crippen molar-refractivity contribution in [3.05, 3.63) is 75.0 Å². The molecule has 4 rings (SSSR count). The van der Waals surface area contributed by atoms with E-state index in [-0.39, 0.29) is 11.4 Å². The van der Waals surface area contributed by atoms with Gasteiger partial charge in [0.25, 0.3) is 5.56 Å². The van der Waals surface area contributed by atoms with Crippen molar-refractivity contribution in [2.75, 3.05) is 0 Å². The first-order chi connectivity index (χ1) is 11.1. The van der Waals surface area contributed by atoms with E-state index in [4.69, 9.17) is 11.6 Å². The lowest BCUT2D eigenvalue weighted by atomic mass is 10.1. The highest BCUT2D eigenvalue weighted by Gasteiger charge is 2.21. The van der Waals surface area contributed by atoms with Crippen molar-refractivity contribution in [1.29, 1.82) is 0 Å². The average Bonchev–Trinajstić information content (AvgIpc) is 2.94. The second-order valence-corrected chi connectivity index (χ2v) is 5.93. The molecule has 0 amide bonds. The van der Waals surface area contributed by atoms with Crippen molar-refractivity contribution in [3.8, 4) is 0 Å². The van der Waals surface area contributed by atoms with Crippen LogP contribution in [0.15, 0.2) is 47.3 Å². The molecule has 0 aliphatic carbocycles. The predicted octanol–water partition coefficient (Wildman–Crippen LogP) is 4.13. The highest BCUT2D eigenvalue weighted by atomic mass is 35.5. The molecule has 0 saturated heterocycles. The van der Waals surface area contributed by atoms with Crippen molar-refractivity contribution in [1.82, 2.24) is 9.55 Å². The van der Waals surface area contributed by atoms with Crippen LogP contribution in [0, 0.1) is 5.82 Å². The van der Waals surface area contributed by atoms with Crippen molar-refractivity contribution in [2.24, 2.45) is 0 Å². The first-order valence-corrected chi connectivity index (χ1v) is 7.67. The van der Waals surface area contributed by atoms with Crippen molar-refractivity contribution < 1.29 is 4.39 Å². The zero-order valence-corrected chi connectivity index (χ0v) is 12.8. The number of halogens is 2. The average molecular weight is 327 g/mol. The molecule has 0 atom stereocenters. The largest absolute Gasteiger partial charge is 0.292 e. The summed E-state index contributed by atoms with van der Waals surface area (Å²) in [6.07, 6.45) is 2.42. The Morgan fingerprint density at radius 1 is 1.22 bits per heavy atom. The molecular weight excluding hydrogens is 315 g/mol. The maximum atomic E-state index is 13.8. The lowest BCUT2D eigenvalue weighted by Crippen LogP contribution is -2.20. The topological polar surface area (TPSA) is 34.9 Å². The van der Waals surface area contributed by atoms with E-state index in [0.717, 1.165) is 5.57 Å². The molecule has 23 heavy (non-hydrogen) atoms. The van der Waals surface area contributed by atoms with Crippen LogP contribution in [0.4, 0.5) is 4.39 Å². The van der Waals surface area contributed by atoms with Crippen LogP contribution in [-0.2, 0) is 6.54 Å². The Labute approximate surface area is 136 Å². The molecule has 2 heterocycles. The summed E-state index contributed by atoms with van der Waals surface area (Å²) in [4.78, 5) is 17.2. The van der Waals surface area contributed by atoms with E-state index in [2.05, 4.69) is 4.98 Å². The molecular formula is C18H12ClFN2O. The van der Waals surface area contributed by atoms with E-state index in [1.54, 1.807) is 47.0 Å². The number of hydrogen-bond acceptors (Lipinski definition) is 2. The molecule has 1 aliphatic heterocycles. The second kappa shape index (κ2) is 5.32. The fraction of sp³-hybridized carbons (Fsp3) is 0.111. The minimum atomic E-state index is -0.284. The van der Waals surface area contributed by atoms with Gasteiger partial charge in [0, 0.05) is 17.1 Å². The molecule has 0 N–H and O–H groups in total. The van der Waals surface area contributed by atoms with E-state index < -0.39 is 0 Å². The summed E-state index contributed by atoms with van der Waals surface area (Å²) in [5.74, 6) is 0.321. The van der Waals surface area contributed by atoms with E-state index in [1.807, 2.05) is 0 Å². The van der Waals surface area contributed by atoms with Gasteiger partial charge in [0.1, 0.15) is 11.6 Å². The number of benzene rings is 2. The predicted molar refractivity (Wildman–Crippen MR) is 89.9 cm³/mol. The molecule has 0 saturated carbocycles. The molecule has 3 aromatic rings. The third kappa shape index (κ3) is 2.35. The minimum absolute atomic E-state index is 0.107. The Morgan fingerprint density at radius 2 is 2.04 bits per heavy atom. The maximum Gasteiger partial charge on any atom is 0.261 e. The van der Waals surface area contributed by atoms with Gasteiger partial charge in [0.05, 0.1) is 10.9 Å². The molecule has 0 spiro atoms. The molecule has 114 valence electrons. The number of nitrogens with zero attached hydrogens (tertiary/aromatic N) is 2. The van der Waals surface area contributed by atoms with Gasteiger partial charge in [-0.05, 0) is 42.3 Å². The van der Waals surface area contributed by atoms with Crippen LogP contribution in [0.1, 0.15) is 17.8 Å². The maximum absolute atomic E-state index is 13.8. The third-order valence-electron chi connectivity index (χ3n) is 4.04. The van der Waals surface area contributed by atoms with E-state index in [1.165, 1.54) is 6.07 Å². The second-order valence-electron chi connectivity index (χ2n) is 5.49. The van der Waals surface area contributed by atoms with Gasteiger partial charge in [-0.2, -0.15) is 0 Å². The molecule has 5 heteroatoms. The lowest BCUT2D eigenvalue weighted by Gasteiger charge is -2.06. The number of rotatable bonds is 1. The van der Waals surface area contributed by atoms with Crippen LogP contribution in [0.25, 0.3) is 22.6 Å². The number of fused-ring (bicyclic) bond motifs is 2. The summed E-state index contributed by atoms with van der Waals surface area (Å²) in [5, 5.41) is 1.02. The van der Waals surface area contributed by atoms with E-state index in [0.29, 0.717) is 40.3 Å². The normalized spacial score (nSPS) is 15.3. The van der Waals surface area contributed by atoms with Crippen molar-refractivity contribution >= 4 is 34.2 Å². The van der Waals surface area contributed by atoms with Gasteiger partial charge in [-0.1, -0.05) is 29.8 Å². The molecule has 1 aliphatic rings. The van der Waals surface area contributed by atoms with Crippen LogP contribution in [0.5, 0.6) is 0 Å². The monoisotopic (exact) mass is 326 g/mol. The van der Waals surface area contributed by atoms with Gasteiger partial charge >= 0.3 is 0 Å².